The molecule has 0 amide bonds. The van der Waals surface area contributed by atoms with E-state index in [1.165, 1.54) is 47.1 Å². The first kappa shape index (κ1) is 27.1. The van der Waals surface area contributed by atoms with E-state index in [9.17, 15) is 0 Å². The number of aromatic nitrogens is 2. The van der Waals surface area contributed by atoms with E-state index < -0.39 is 0 Å². The number of aryl methyl sites for hydroxylation is 1. The Balaban J connectivity index is 0.000000405. The largest absolute Gasteiger partial charge is 0.467 e. The first-order chi connectivity index (χ1) is 18.0. The Kier molecular flexibility index (Phi) is 9.58. The molecule has 7 nitrogen and oxygen atoms in total. The topological polar surface area (TPSA) is 56.8 Å². The first-order valence-corrected chi connectivity index (χ1v) is 13.9. The second-order valence-corrected chi connectivity index (χ2v) is 10.0. The average molecular weight is 505 g/mol. The Bertz CT molecular complexity index is 1160. The number of methoxy groups -OCH3 is 1. The summed E-state index contributed by atoms with van der Waals surface area (Å²) < 4.78 is 5.46. The van der Waals surface area contributed by atoms with Crippen molar-refractivity contribution in [3.05, 3.63) is 53.2 Å². The number of piperazine rings is 1. The fourth-order valence-electron chi connectivity index (χ4n) is 5.34. The van der Waals surface area contributed by atoms with Crippen LogP contribution in [0.1, 0.15) is 37.1 Å². The summed E-state index contributed by atoms with van der Waals surface area (Å²) in [5.41, 5.74) is 5.07. The Labute approximate surface area is 222 Å². The van der Waals surface area contributed by atoms with Crippen molar-refractivity contribution in [3.63, 3.8) is 0 Å². The fourth-order valence-corrected chi connectivity index (χ4v) is 5.34. The van der Waals surface area contributed by atoms with E-state index in [1.54, 1.807) is 7.11 Å². The maximum Gasteiger partial charge on any atom is 0.318 e. The second-order valence-electron chi connectivity index (χ2n) is 10.0. The molecule has 200 valence electrons. The summed E-state index contributed by atoms with van der Waals surface area (Å²) in [7, 11) is 3.80. The van der Waals surface area contributed by atoms with E-state index in [4.69, 9.17) is 14.7 Å². The van der Waals surface area contributed by atoms with Crippen LogP contribution < -0.4 is 19.9 Å². The monoisotopic (exact) mass is 504 g/mol. The van der Waals surface area contributed by atoms with E-state index in [0.717, 1.165) is 63.6 Å². The molecule has 1 N–H and O–H groups in total. The predicted molar refractivity (Wildman–Crippen MR) is 155 cm³/mol. The van der Waals surface area contributed by atoms with Gasteiger partial charge in [-0.1, -0.05) is 44.2 Å². The van der Waals surface area contributed by atoms with Gasteiger partial charge in [-0.25, -0.2) is 0 Å². The van der Waals surface area contributed by atoms with Crippen molar-refractivity contribution in [3.8, 4) is 6.01 Å². The predicted octanol–water partition coefficient (Wildman–Crippen LogP) is 4.31. The molecule has 5 rings (SSSR count). The van der Waals surface area contributed by atoms with Crippen molar-refractivity contribution in [1.29, 1.82) is 0 Å². The quantitative estimate of drug-likeness (QED) is 0.537. The van der Waals surface area contributed by atoms with Gasteiger partial charge in [0.1, 0.15) is 5.82 Å². The Morgan fingerprint density at radius 2 is 1.68 bits per heavy atom. The second kappa shape index (κ2) is 13.1. The summed E-state index contributed by atoms with van der Waals surface area (Å²) in [5, 5.41) is 6.09. The lowest BCUT2D eigenvalue weighted by Gasteiger charge is -2.30. The molecule has 3 heterocycles. The Morgan fingerprint density at radius 3 is 2.35 bits per heavy atom. The van der Waals surface area contributed by atoms with Crippen LogP contribution in [0.25, 0.3) is 10.8 Å². The molecule has 1 fully saturated rings. The molecule has 0 aliphatic carbocycles. The molecule has 0 atom stereocenters. The number of ether oxygens (including phenoxy) is 1. The van der Waals surface area contributed by atoms with E-state index in [0.29, 0.717) is 6.01 Å². The number of hydrogen-bond acceptors (Lipinski definition) is 7. The maximum absolute atomic E-state index is 5.46. The molecular formula is C30H44N6O. The summed E-state index contributed by atoms with van der Waals surface area (Å²) >= 11 is 0. The zero-order valence-electron chi connectivity index (χ0n) is 23.4. The van der Waals surface area contributed by atoms with Crippen LogP contribution in [0.2, 0.25) is 0 Å². The highest BCUT2D eigenvalue weighted by Gasteiger charge is 2.25. The zero-order valence-corrected chi connectivity index (χ0v) is 23.4. The van der Waals surface area contributed by atoms with Gasteiger partial charge in [0.15, 0.2) is 0 Å². The molecule has 1 saturated heterocycles. The minimum Gasteiger partial charge on any atom is -0.467 e. The molecule has 0 bridgehead atoms. The van der Waals surface area contributed by atoms with E-state index >= 15 is 0 Å². The van der Waals surface area contributed by atoms with Crippen molar-refractivity contribution in [2.45, 2.75) is 40.0 Å². The van der Waals surface area contributed by atoms with Gasteiger partial charge in [0.2, 0.25) is 0 Å². The van der Waals surface area contributed by atoms with Gasteiger partial charge >= 0.3 is 6.01 Å². The standard InChI is InChI=1S/C24H29N5O.C6H15N/c1-17-5-3-6-18-7-4-8-21(22(17)18)28-13-9-19-20(10-14-28)26-24(30-2)27-23(19)29-15-11-25-12-16-29;1-4-6-7(3)5-2/h3-8,25H,9-16H2,1-2H3;4-6H2,1-3H3. The molecule has 0 spiro atoms. The van der Waals surface area contributed by atoms with Gasteiger partial charge < -0.3 is 24.8 Å². The summed E-state index contributed by atoms with van der Waals surface area (Å²) in [5.74, 6) is 1.06. The first-order valence-electron chi connectivity index (χ1n) is 13.9. The number of nitrogens with one attached hydrogen (secondary N) is 1. The Morgan fingerprint density at radius 1 is 0.946 bits per heavy atom. The third kappa shape index (κ3) is 6.51. The molecule has 0 saturated carbocycles. The molecule has 1 aromatic heterocycles. The van der Waals surface area contributed by atoms with Crippen LogP contribution in [-0.2, 0) is 12.8 Å². The summed E-state index contributed by atoms with van der Waals surface area (Å²) in [6.07, 6.45) is 3.11. The number of anilines is 2. The molecule has 2 aliphatic heterocycles. The highest BCUT2D eigenvalue weighted by molar-refractivity contribution is 5.96. The summed E-state index contributed by atoms with van der Waals surface area (Å²) in [6.45, 7) is 14.8. The highest BCUT2D eigenvalue weighted by Crippen LogP contribution is 2.33. The number of benzene rings is 2. The van der Waals surface area contributed by atoms with Crippen molar-refractivity contribution in [1.82, 2.24) is 20.2 Å². The van der Waals surface area contributed by atoms with Crippen molar-refractivity contribution < 1.29 is 4.74 Å². The molecule has 3 aromatic rings. The van der Waals surface area contributed by atoms with Crippen LogP contribution in [0, 0.1) is 6.92 Å². The third-order valence-corrected chi connectivity index (χ3v) is 7.48. The molecule has 37 heavy (non-hydrogen) atoms. The number of nitrogens with zero attached hydrogens (tertiary/aromatic N) is 5. The number of rotatable bonds is 6. The summed E-state index contributed by atoms with van der Waals surface area (Å²) in [4.78, 5) is 16.7. The van der Waals surface area contributed by atoms with E-state index in [-0.39, 0.29) is 0 Å². The van der Waals surface area contributed by atoms with Crippen molar-refractivity contribution in [2.24, 2.45) is 0 Å². The number of hydrogen-bond donors (Lipinski definition) is 1. The van der Waals surface area contributed by atoms with Gasteiger partial charge in [-0.2, -0.15) is 9.97 Å². The van der Waals surface area contributed by atoms with Crippen LogP contribution in [0.15, 0.2) is 36.4 Å². The van der Waals surface area contributed by atoms with Crippen molar-refractivity contribution >= 4 is 22.3 Å². The van der Waals surface area contributed by atoms with Crippen LogP contribution in [-0.4, -0.2) is 81.4 Å². The molecule has 7 heteroatoms. The normalized spacial score (nSPS) is 15.7. The molecule has 2 aromatic carbocycles. The highest BCUT2D eigenvalue weighted by atomic mass is 16.5. The summed E-state index contributed by atoms with van der Waals surface area (Å²) in [6, 6.07) is 13.7. The lowest BCUT2D eigenvalue weighted by molar-refractivity contribution is 0.353. The van der Waals surface area contributed by atoms with Gasteiger partial charge in [-0.15, -0.1) is 0 Å². The van der Waals surface area contributed by atoms with Gasteiger partial charge in [0, 0.05) is 62.3 Å². The van der Waals surface area contributed by atoms with E-state index in [1.807, 2.05) is 0 Å². The molecular weight excluding hydrogens is 460 g/mol. The lowest BCUT2D eigenvalue weighted by Crippen LogP contribution is -2.44. The SMILES string of the molecule is CCCN(C)CC.COc1nc2c(c(N3CCNCC3)n1)CCN(c1cccc3cccc(C)c13)CC2. The zero-order chi connectivity index (χ0) is 26.2. The van der Waals surface area contributed by atoms with Crippen LogP contribution in [0.3, 0.4) is 0 Å². The third-order valence-electron chi connectivity index (χ3n) is 7.48. The molecule has 0 unspecified atom stereocenters. The minimum absolute atomic E-state index is 0.483. The van der Waals surface area contributed by atoms with Crippen LogP contribution in [0.4, 0.5) is 11.5 Å². The van der Waals surface area contributed by atoms with Crippen LogP contribution >= 0.6 is 0 Å². The fraction of sp³-hybridized carbons (Fsp3) is 0.533. The van der Waals surface area contributed by atoms with Crippen LogP contribution in [0.5, 0.6) is 6.01 Å². The average Bonchev–Trinajstić information content (AvgIpc) is 3.16. The number of fused-ring (bicyclic) bond motifs is 2. The van der Waals surface area contributed by atoms with Gasteiger partial charge in [0.25, 0.3) is 0 Å². The minimum atomic E-state index is 0.483. The van der Waals surface area contributed by atoms with Gasteiger partial charge in [-0.3, -0.25) is 0 Å². The van der Waals surface area contributed by atoms with Crippen molar-refractivity contribution in [2.75, 3.05) is 76.3 Å². The molecule has 2 aliphatic rings. The van der Waals surface area contributed by atoms with Gasteiger partial charge in [-0.05, 0) is 56.9 Å². The smallest absolute Gasteiger partial charge is 0.318 e. The lowest BCUT2D eigenvalue weighted by atomic mass is 10.0. The maximum atomic E-state index is 5.46. The van der Waals surface area contributed by atoms with Gasteiger partial charge in [0.05, 0.1) is 12.8 Å². The Hall–Kier alpha value is -2.90. The molecule has 0 radical (unpaired) electrons. The van der Waals surface area contributed by atoms with E-state index in [2.05, 4.69) is 84.2 Å².